The van der Waals surface area contributed by atoms with Crippen LogP contribution < -0.4 is 5.32 Å². The van der Waals surface area contributed by atoms with Crippen LogP contribution in [-0.2, 0) is 11.8 Å². The summed E-state index contributed by atoms with van der Waals surface area (Å²) in [5.74, 6) is 0.312. The summed E-state index contributed by atoms with van der Waals surface area (Å²) in [5, 5.41) is 7.59. The molecule has 8 aromatic carbocycles. The largest absolute Gasteiger partial charge is 0.355 e. The highest BCUT2D eigenvalue weighted by Crippen LogP contribution is 2.68. The molecule has 2 heteroatoms. The summed E-state index contributed by atoms with van der Waals surface area (Å²) < 4.78 is 2.58. The third kappa shape index (κ3) is 5.64. The van der Waals surface area contributed by atoms with Crippen molar-refractivity contribution in [3.8, 4) is 27.9 Å². The Kier molecular flexibility index (Phi) is 8.66. The van der Waals surface area contributed by atoms with Crippen LogP contribution in [-0.4, -0.2) is 4.57 Å². The van der Waals surface area contributed by atoms with Gasteiger partial charge in [-0.2, -0.15) is 0 Å². The van der Waals surface area contributed by atoms with Crippen LogP contribution in [0.2, 0.25) is 0 Å². The molecule has 0 radical (unpaired) electrons. The lowest BCUT2D eigenvalue weighted by molar-refractivity contribution is 0.310. The van der Waals surface area contributed by atoms with Gasteiger partial charge in [-0.25, -0.2) is 0 Å². The Labute approximate surface area is 370 Å². The highest BCUT2D eigenvalue weighted by Gasteiger charge is 2.59. The van der Waals surface area contributed by atoms with Crippen LogP contribution in [0.5, 0.6) is 0 Å². The van der Waals surface area contributed by atoms with Gasteiger partial charge in [-0.05, 0) is 111 Å². The van der Waals surface area contributed by atoms with Gasteiger partial charge in [0.2, 0.25) is 0 Å². The summed E-state index contributed by atoms with van der Waals surface area (Å²) in [6, 6.07) is 71.9. The predicted molar refractivity (Wildman–Crippen MR) is 266 cm³/mol. The fourth-order valence-electron chi connectivity index (χ4n) is 11.7. The molecule has 12 rings (SSSR count). The molecule has 0 spiro atoms. The van der Waals surface area contributed by atoms with Crippen molar-refractivity contribution in [1.29, 1.82) is 0 Å². The molecular weight excluding hydrogens is 761 g/mol. The third-order valence-electron chi connectivity index (χ3n) is 14.4. The molecule has 2 nitrogen and oxygen atoms in total. The molecule has 3 atom stereocenters. The Morgan fingerprint density at radius 2 is 1.27 bits per heavy atom. The predicted octanol–water partition coefficient (Wildman–Crippen LogP) is 15.8. The Bertz CT molecular complexity index is 3330. The average Bonchev–Trinajstić information content (AvgIpc) is 3.84. The SMILES string of the molecule is CC1Cc2c(c3cc(-c4ccc(Nc5cccc6ccccc56)c(-c5ccccc5)c4)ccc3n2-c2ccccc2)C2=C1c1ccccc1C2(c1ccccc1)C1(C)C=CC=CC1. The van der Waals surface area contributed by atoms with Crippen LogP contribution in [0.3, 0.4) is 0 Å². The molecule has 302 valence electrons. The van der Waals surface area contributed by atoms with Crippen molar-refractivity contribution < 1.29 is 0 Å². The van der Waals surface area contributed by atoms with Crippen molar-refractivity contribution in [2.45, 2.75) is 32.1 Å². The van der Waals surface area contributed by atoms with Crippen LogP contribution in [0.1, 0.15) is 48.2 Å². The zero-order valence-corrected chi connectivity index (χ0v) is 35.7. The summed E-state index contributed by atoms with van der Waals surface area (Å²) in [6.45, 7) is 4.97. The first-order valence-corrected chi connectivity index (χ1v) is 22.5. The molecule has 0 amide bonds. The van der Waals surface area contributed by atoms with Gasteiger partial charge in [-0.3, -0.25) is 0 Å². The highest BCUT2D eigenvalue weighted by molar-refractivity contribution is 6.13. The second-order valence-electron chi connectivity index (χ2n) is 18.0. The van der Waals surface area contributed by atoms with E-state index in [4.69, 9.17) is 0 Å². The molecule has 9 aromatic rings. The van der Waals surface area contributed by atoms with Gasteiger partial charge in [-0.15, -0.1) is 0 Å². The minimum Gasteiger partial charge on any atom is -0.355 e. The number of allylic oxidation sites excluding steroid dienone is 6. The molecule has 3 aliphatic carbocycles. The molecule has 1 N–H and O–H groups in total. The summed E-state index contributed by atoms with van der Waals surface area (Å²) in [6.07, 6.45) is 11.3. The van der Waals surface area contributed by atoms with Gasteiger partial charge in [-0.1, -0.05) is 190 Å². The lowest BCUT2D eigenvalue weighted by Crippen LogP contribution is -2.44. The number of para-hydroxylation sites is 1. The average molecular weight is 809 g/mol. The van der Waals surface area contributed by atoms with E-state index in [1.54, 1.807) is 0 Å². The minimum atomic E-state index is -0.438. The van der Waals surface area contributed by atoms with E-state index in [1.165, 1.54) is 88.7 Å². The second kappa shape index (κ2) is 14.6. The normalized spacial score (nSPS) is 19.9. The molecule has 3 unspecified atom stereocenters. The maximum absolute atomic E-state index is 3.86. The number of hydrogen-bond donors (Lipinski definition) is 1. The van der Waals surface area contributed by atoms with Gasteiger partial charge < -0.3 is 9.88 Å². The first-order valence-electron chi connectivity index (χ1n) is 22.5. The van der Waals surface area contributed by atoms with E-state index in [2.05, 4.69) is 242 Å². The zero-order valence-electron chi connectivity index (χ0n) is 35.7. The smallest absolute Gasteiger partial charge is 0.0557 e. The second-order valence-corrected chi connectivity index (χ2v) is 18.0. The summed E-state index contributed by atoms with van der Waals surface area (Å²) in [5.41, 5.74) is 18.6. The van der Waals surface area contributed by atoms with E-state index in [1.807, 2.05) is 0 Å². The highest BCUT2D eigenvalue weighted by atomic mass is 15.0. The number of aromatic nitrogens is 1. The van der Waals surface area contributed by atoms with Gasteiger partial charge in [0.15, 0.2) is 0 Å². The number of hydrogen-bond acceptors (Lipinski definition) is 1. The number of nitrogens with one attached hydrogen (secondary N) is 1. The lowest BCUT2D eigenvalue weighted by atomic mass is 9.52. The van der Waals surface area contributed by atoms with Crippen LogP contribution in [0.4, 0.5) is 11.4 Å². The van der Waals surface area contributed by atoms with Gasteiger partial charge in [0.1, 0.15) is 0 Å². The van der Waals surface area contributed by atoms with Crippen LogP contribution in [0.25, 0.3) is 60.8 Å². The van der Waals surface area contributed by atoms with E-state index >= 15 is 0 Å². The first kappa shape index (κ1) is 37.4. The topological polar surface area (TPSA) is 17.0 Å². The fraction of sp³-hybridized carbons (Fsp3) is 0.115. The Morgan fingerprint density at radius 3 is 2.08 bits per heavy atom. The zero-order chi connectivity index (χ0) is 42.1. The number of rotatable bonds is 7. The van der Waals surface area contributed by atoms with Gasteiger partial charge in [0.25, 0.3) is 0 Å². The number of fused-ring (bicyclic) bond motifs is 7. The Morgan fingerprint density at radius 1 is 0.571 bits per heavy atom. The van der Waals surface area contributed by atoms with Crippen molar-refractivity contribution in [2.75, 3.05) is 5.32 Å². The number of benzene rings is 8. The third-order valence-corrected chi connectivity index (χ3v) is 14.4. The van der Waals surface area contributed by atoms with Gasteiger partial charge in [0.05, 0.1) is 10.9 Å². The molecule has 63 heavy (non-hydrogen) atoms. The summed E-state index contributed by atoms with van der Waals surface area (Å²) >= 11 is 0. The van der Waals surface area contributed by atoms with Crippen molar-refractivity contribution in [2.24, 2.45) is 11.3 Å². The summed E-state index contributed by atoms with van der Waals surface area (Å²) in [4.78, 5) is 0. The molecule has 0 aliphatic heterocycles. The Hall–Kier alpha value is -7.42. The molecule has 1 heterocycles. The van der Waals surface area contributed by atoms with Gasteiger partial charge >= 0.3 is 0 Å². The van der Waals surface area contributed by atoms with Gasteiger partial charge in [0, 0.05) is 50.1 Å². The summed E-state index contributed by atoms with van der Waals surface area (Å²) in [7, 11) is 0. The molecule has 0 fully saturated rings. The van der Waals surface area contributed by atoms with E-state index < -0.39 is 5.41 Å². The van der Waals surface area contributed by atoms with Crippen molar-refractivity contribution >= 4 is 44.2 Å². The van der Waals surface area contributed by atoms with E-state index in [9.17, 15) is 0 Å². The molecule has 1 aromatic heterocycles. The first-order chi connectivity index (χ1) is 31.0. The molecule has 0 saturated carbocycles. The standard InChI is InChI=1S/C61H48N2/c1-41-38-56-58(59-57(41)49-29-15-16-30-52(49)61(59,46-24-9-4-10-25-46)60(2)36-17-6-18-37-60)51-40-45(33-35-55(51)63(56)47-26-11-5-12-27-47)44-32-34-54(50(39-44)43-20-7-3-8-21-43)62-53-31-19-23-42-22-13-14-28-48(42)53/h3-36,39-41,62H,37-38H2,1-2H3. The van der Waals surface area contributed by atoms with Crippen molar-refractivity contribution in [3.05, 3.63) is 246 Å². The molecule has 0 bridgehead atoms. The maximum atomic E-state index is 3.86. The van der Waals surface area contributed by atoms with E-state index in [0.717, 1.165) is 24.2 Å². The molecular formula is C61H48N2. The lowest BCUT2D eigenvalue weighted by Gasteiger charge is -2.49. The van der Waals surface area contributed by atoms with Crippen LogP contribution in [0, 0.1) is 11.3 Å². The van der Waals surface area contributed by atoms with Crippen LogP contribution >= 0.6 is 0 Å². The monoisotopic (exact) mass is 808 g/mol. The Balaban J connectivity index is 1.12. The van der Waals surface area contributed by atoms with Crippen molar-refractivity contribution in [1.82, 2.24) is 4.57 Å². The number of anilines is 2. The quantitative estimate of drug-likeness (QED) is 0.170. The van der Waals surface area contributed by atoms with E-state index in [-0.39, 0.29) is 5.41 Å². The molecule has 0 saturated heterocycles. The van der Waals surface area contributed by atoms with Crippen LogP contribution in [0.15, 0.2) is 218 Å². The van der Waals surface area contributed by atoms with E-state index in [0.29, 0.717) is 5.92 Å². The maximum Gasteiger partial charge on any atom is 0.0557 e. The fourth-order valence-corrected chi connectivity index (χ4v) is 11.7. The molecule has 3 aliphatic rings. The van der Waals surface area contributed by atoms with Crippen molar-refractivity contribution in [3.63, 3.8) is 0 Å². The number of nitrogens with zero attached hydrogens (tertiary/aromatic N) is 1. The minimum absolute atomic E-state index is 0.235.